The van der Waals surface area contributed by atoms with Crippen LogP contribution in [0.3, 0.4) is 0 Å². The van der Waals surface area contributed by atoms with E-state index in [4.69, 9.17) is 10.5 Å². The van der Waals surface area contributed by atoms with Gasteiger partial charge in [0.1, 0.15) is 17.2 Å². The zero-order valence-electron chi connectivity index (χ0n) is 15.9. The van der Waals surface area contributed by atoms with Crippen molar-refractivity contribution in [3.8, 4) is 17.2 Å². The smallest absolute Gasteiger partial charge is 0.269 e. The van der Waals surface area contributed by atoms with Gasteiger partial charge in [-0.3, -0.25) is 9.59 Å². The highest BCUT2D eigenvalue weighted by Gasteiger charge is 2.09. The highest BCUT2D eigenvalue weighted by atomic mass is 16.5. The number of para-hydroxylation sites is 1. The molecule has 7 nitrogen and oxygen atoms in total. The number of anilines is 1. The third kappa shape index (κ3) is 4.36. The van der Waals surface area contributed by atoms with Gasteiger partial charge >= 0.3 is 0 Å². The molecule has 30 heavy (non-hydrogen) atoms. The van der Waals surface area contributed by atoms with Gasteiger partial charge in [-0.05, 0) is 60.7 Å². The first-order valence-electron chi connectivity index (χ1n) is 9.19. The highest BCUT2D eigenvalue weighted by molar-refractivity contribution is 6.04. The average Bonchev–Trinajstić information content (AvgIpc) is 3.26. The summed E-state index contributed by atoms with van der Waals surface area (Å²) in [5.41, 5.74) is 7.24. The van der Waals surface area contributed by atoms with E-state index in [-0.39, 0.29) is 11.6 Å². The molecule has 0 saturated heterocycles. The third-order valence-electron chi connectivity index (χ3n) is 4.31. The Morgan fingerprint density at radius 2 is 1.60 bits per heavy atom. The van der Waals surface area contributed by atoms with E-state index < -0.39 is 5.91 Å². The minimum atomic E-state index is -0.587. The lowest BCUT2D eigenvalue weighted by Crippen LogP contribution is -2.12. The number of rotatable bonds is 6. The Kier molecular flexibility index (Phi) is 5.25. The minimum Gasteiger partial charge on any atom is -0.457 e. The number of hydrogen-bond acceptors (Lipinski definition) is 4. The van der Waals surface area contributed by atoms with Crippen LogP contribution in [0.25, 0.3) is 5.69 Å². The molecule has 7 heteroatoms. The van der Waals surface area contributed by atoms with Crippen LogP contribution in [0.4, 0.5) is 5.69 Å². The largest absolute Gasteiger partial charge is 0.457 e. The van der Waals surface area contributed by atoms with E-state index in [9.17, 15) is 9.59 Å². The number of nitrogens with one attached hydrogen (secondary N) is 1. The first-order chi connectivity index (χ1) is 14.6. The number of primary amides is 1. The summed E-state index contributed by atoms with van der Waals surface area (Å²) in [6, 6.07) is 24.9. The maximum atomic E-state index is 12.6. The summed E-state index contributed by atoms with van der Waals surface area (Å²) in [5, 5.41) is 6.96. The van der Waals surface area contributed by atoms with E-state index in [1.54, 1.807) is 60.8 Å². The maximum Gasteiger partial charge on any atom is 0.269 e. The van der Waals surface area contributed by atoms with Crippen LogP contribution in [0.1, 0.15) is 20.8 Å². The molecule has 0 radical (unpaired) electrons. The van der Waals surface area contributed by atoms with E-state index in [0.29, 0.717) is 22.7 Å². The topological polar surface area (TPSA) is 99.2 Å². The Morgan fingerprint density at radius 1 is 0.867 bits per heavy atom. The predicted molar refractivity (Wildman–Crippen MR) is 113 cm³/mol. The number of amides is 2. The second-order valence-corrected chi connectivity index (χ2v) is 6.45. The first kappa shape index (κ1) is 18.9. The van der Waals surface area contributed by atoms with E-state index in [2.05, 4.69) is 10.4 Å². The van der Waals surface area contributed by atoms with Gasteiger partial charge in [0.25, 0.3) is 11.8 Å². The van der Waals surface area contributed by atoms with Gasteiger partial charge in [0.05, 0.1) is 5.69 Å². The maximum absolute atomic E-state index is 12.6. The lowest BCUT2D eigenvalue weighted by Gasteiger charge is -2.09. The monoisotopic (exact) mass is 398 g/mol. The summed E-state index contributed by atoms with van der Waals surface area (Å²) in [7, 11) is 0. The van der Waals surface area contributed by atoms with Crippen molar-refractivity contribution < 1.29 is 14.3 Å². The molecule has 0 spiro atoms. The standard InChI is InChI=1S/C23H18N4O3/c24-22(28)21-13-14-27(26-21)18-11-9-17(10-12-18)25-23(29)16-5-4-8-20(15-16)30-19-6-2-1-3-7-19/h1-15H,(H2,24,28)(H,25,29). The van der Waals surface area contributed by atoms with Crippen LogP contribution in [-0.2, 0) is 0 Å². The molecule has 0 aliphatic rings. The number of ether oxygens (including phenoxy) is 1. The predicted octanol–water partition coefficient (Wildman–Crippen LogP) is 4.02. The minimum absolute atomic E-state index is 0.185. The van der Waals surface area contributed by atoms with Gasteiger partial charge in [-0.15, -0.1) is 0 Å². The second kappa shape index (κ2) is 8.32. The molecule has 2 amide bonds. The van der Waals surface area contributed by atoms with Crippen LogP contribution >= 0.6 is 0 Å². The van der Waals surface area contributed by atoms with Crippen LogP contribution < -0.4 is 15.8 Å². The molecule has 3 aromatic carbocycles. The number of aromatic nitrogens is 2. The van der Waals surface area contributed by atoms with E-state index in [1.807, 2.05) is 30.3 Å². The Morgan fingerprint density at radius 3 is 2.30 bits per heavy atom. The van der Waals surface area contributed by atoms with Gasteiger partial charge in [0, 0.05) is 17.4 Å². The number of nitrogens with two attached hydrogens (primary N) is 1. The zero-order valence-corrected chi connectivity index (χ0v) is 15.9. The molecule has 0 saturated carbocycles. The van der Waals surface area contributed by atoms with E-state index in [0.717, 1.165) is 5.69 Å². The fraction of sp³-hybridized carbons (Fsp3) is 0. The second-order valence-electron chi connectivity index (χ2n) is 6.45. The van der Waals surface area contributed by atoms with Gasteiger partial charge in [-0.2, -0.15) is 5.10 Å². The van der Waals surface area contributed by atoms with Crippen molar-refractivity contribution >= 4 is 17.5 Å². The molecule has 0 fully saturated rings. The van der Waals surface area contributed by atoms with Crippen molar-refractivity contribution in [3.05, 3.63) is 102 Å². The molecule has 0 atom stereocenters. The van der Waals surface area contributed by atoms with Gasteiger partial charge in [0.15, 0.2) is 0 Å². The Bertz CT molecular complexity index is 1180. The van der Waals surface area contributed by atoms with E-state index >= 15 is 0 Å². The molecule has 3 N–H and O–H groups in total. The van der Waals surface area contributed by atoms with Crippen LogP contribution in [-0.4, -0.2) is 21.6 Å². The van der Waals surface area contributed by atoms with Crippen molar-refractivity contribution in [1.29, 1.82) is 0 Å². The summed E-state index contributed by atoms with van der Waals surface area (Å²) in [4.78, 5) is 23.8. The number of hydrogen-bond donors (Lipinski definition) is 2. The molecule has 0 bridgehead atoms. The lowest BCUT2D eigenvalue weighted by atomic mass is 10.2. The summed E-state index contributed by atoms with van der Waals surface area (Å²) in [6.45, 7) is 0. The molecule has 0 aliphatic carbocycles. The fourth-order valence-electron chi connectivity index (χ4n) is 2.83. The number of nitrogens with zero attached hydrogens (tertiary/aromatic N) is 2. The van der Waals surface area contributed by atoms with Crippen LogP contribution in [0, 0.1) is 0 Å². The molecule has 1 aromatic heterocycles. The zero-order chi connectivity index (χ0) is 20.9. The van der Waals surface area contributed by atoms with Gasteiger partial charge in [0.2, 0.25) is 0 Å². The van der Waals surface area contributed by atoms with Crippen molar-refractivity contribution in [1.82, 2.24) is 9.78 Å². The third-order valence-corrected chi connectivity index (χ3v) is 4.31. The molecule has 4 rings (SSSR count). The van der Waals surface area contributed by atoms with Crippen LogP contribution in [0.2, 0.25) is 0 Å². The lowest BCUT2D eigenvalue weighted by molar-refractivity contribution is 0.0993. The van der Waals surface area contributed by atoms with Gasteiger partial charge in [-0.1, -0.05) is 24.3 Å². The molecule has 0 unspecified atom stereocenters. The van der Waals surface area contributed by atoms with Crippen molar-refractivity contribution in [3.63, 3.8) is 0 Å². The number of carbonyl (C=O) groups excluding carboxylic acids is 2. The fourth-order valence-corrected chi connectivity index (χ4v) is 2.83. The quantitative estimate of drug-likeness (QED) is 0.512. The number of benzene rings is 3. The molecular weight excluding hydrogens is 380 g/mol. The summed E-state index contributed by atoms with van der Waals surface area (Å²) >= 11 is 0. The van der Waals surface area contributed by atoms with Crippen molar-refractivity contribution in [2.24, 2.45) is 5.73 Å². The molecular formula is C23H18N4O3. The SMILES string of the molecule is NC(=O)c1ccn(-c2ccc(NC(=O)c3cccc(Oc4ccccc4)c3)cc2)n1. The van der Waals surface area contributed by atoms with Crippen molar-refractivity contribution in [2.45, 2.75) is 0 Å². The average molecular weight is 398 g/mol. The molecule has 0 aliphatic heterocycles. The van der Waals surface area contributed by atoms with Crippen LogP contribution in [0.15, 0.2) is 91.1 Å². The normalized spacial score (nSPS) is 10.4. The van der Waals surface area contributed by atoms with Crippen molar-refractivity contribution in [2.75, 3.05) is 5.32 Å². The van der Waals surface area contributed by atoms with E-state index in [1.165, 1.54) is 4.68 Å². The molecule has 1 heterocycles. The first-order valence-corrected chi connectivity index (χ1v) is 9.19. The molecule has 4 aromatic rings. The highest BCUT2D eigenvalue weighted by Crippen LogP contribution is 2.22. The van der Waals surface area contributed by atoms with Gasteiger partial charge < -0.3 is 15.8 Å². The summed E-state index contributed by atoms with van der Waals surface area (Å²) in [6.07, 6.45) is 1.64. The Labute approximate surface area is 172 Å². The Hall–Kier alpha value is -4.39. The Balaban J connectivity index is 1.44. The molecule has 148 valence electrons. The summed E-state index contributed by atoms with van der Waals surface area (Å²) < 4.78 is 7.32. The van der Waals surface area contributed by atoms with Gasteiger partial charge in [-0.25, -0.2) is 4.68 Å². The number of carbonyl (C=O) groups is 2. The van der Waals surface area contributed by atoms with Crippen LogP contribution in [0.5, 0.6) is 11.5 Å². The summed E-state index contributed by atoms with van der Waals surface area (Å²) in [5.74, 6) is 0.435.